The van der Waals surface area contributed by atoms with E-state index < -0.39 is 12.1 Å². The van der Waals surface area contributed by atoms with Crippen LogP contribution in [-0.4, -0.2) is 16.0 Å². The molecule has 0 aromatic carbocycles. The van der Waals surface area contributed by atoms with E-state index in [0.717, 1.165) is 11.3 Å². The molecule has 0 saturated carbocycles. The van der Waals surface area contributed by atoms with Gasteiger partial charge in [-0.15, -0.1) is 0 Å². The zero-order valence-corrected chi connectivity index (χ0v) is 8.51. The SMILES string of the molecule is CCn1ncc2c1C[C@@H](C(F)(F)F)CC2. The van der Waals surface area contributed by atoms with Crippen molar-refractivity contribution in [3.8, 4) is 0 Å². The second kappa shape index (κ2) is 3.54. The van der Waals surface area contributed by atoms with Crippen LogP contribution in [0.1, 0.15) is 24.6 Å². The Bertz CT molecular complexity index is 341. The molecule has 84 valence electrons. The summed E-state index contributed by atoms with van der Waals surface area (Å²) in [7, 11) is 0. The number of hydrogen-bond acceptors (Lipinski definition) is 1. The maximum atomic E-state index is 12.5. The number of alkyl halides is 3. The van der Waals surface area contributed by atoms with Crippen molar-refractivity contribution in [3.05, 3.63) is 17.5 Å². The summed E-state index contributed by atoms with van der Waals surface area (Å²) in [5.74, 6) is -1.19. The Morgan fingerprint density at radius 2 is 2.27 bits per heavy atom. The van der Waals surface area contributed by atoms with Crippen LogP contribution in [0.5, 0.6) is 0 Å². The van der Waals surface area contributed by atoms with E-state index >= 15 is 0 Å². The van der Waals surface area contributed by atoms with Crippen LogP contribution >= 0.6 is 0 Å². The average Bonchev–Trinajstić information content (AvgIpc) is 2.57. The minimum absolute atomic E-state index is 0.0900. The molecule has 5 heteroatoms. The van der Waals surface area contributed by atoms with Crippen molar-refractivity contribution in [1.29, 1.82) is 0 Å². The van der Waals surface area contributed by atoms with Gasteiger partial charge in [0.2, 0.25) is 0 Å². The minimum atomic E-state index is -4.07. The van der Waals surface area contributed by atoms with Crippen LogP contribution in [0.3, 0.4) is 0 Å². The predicted molar refractivity (Wildman–Crippen MR) is 49.5 cm³/mol. The van der Waals surface area contributed by atoms with Gasteiger partial charge in [0, 0.05) is 18.7 Å². The van der Waals surface area contributed by atoms with Crippen LogP contribution < -0.4 is 0 Å². The Morgan fingerprint density at radius 1 is 1.53 bits per heavy atom. The molecule has 0 radical (unpaired) electrons. The Balaban J connectivity index is 2.25. The normalized spacial score (nSPS) is 21.5. The Morgan fingerprint density at radius 3 is 2.87 bits per heavy atom. The average molecular weight is 218 g/mol. The lowest BCUT2D eigenvalue weighted by molar-refractivity contribution is -0.177. The van der Waals surface area contributed by atoms with E-state index in [1.165, 1.54) is 0 Å². The van der Waals surface area contributed by atoms with Crippen molar-refractivity contribution in [2.45, 2.75) is 38.9 Å². The van der Waals surface area contributed by atoms with Crippen LogP contribution in [0.15, 0.2) is 6.20 Å². The van der Waals surface area contributed by atoms with Gasteiger partial charge in [0.1, 0.15) is 0 Å². The molecule has 2 nitrogen and oxygen atoms in total. The van der Waals surface area contributed by atoms with E-state index in [1.54, 1.807) is 10.9 Å². The predicted octanol–water partition coefficient (Wildman–Crippen LogP) is 2.57. The van der Waals surface area contributed by atoms with Crippen molar-refractivity contribution < 1.29 is 13.2 Å². The van der Waals surface area contributed by atoms with Gasteiger partial charge in [0.05, 0.1) is 12.1 Å². The summed E-state index contributed by atoms with van der Waals surface area (Å²) in [6.45, 7) is 2.53. The van der Waals surface area contributed by atoms with E-state index in [1.807, 2.05) is 6.92 Å². The first kappa shape index (κ1) is 10.5. The third-order valence-electron chi connectivity index (χ3n) is 3.00. The van der Waals surface area contributed by atoms with Gasteiger partial charge >= 0.3 is 6.18 Å². The third kappa shape index (κ3) is 1.87. The number of halogens is 3. The van der Waals surface area contributed by atoms with Gasteiger partial charge in [-0.2, -0.15) is 18.3 Å². The van der Waals surface area contributed by atoms with Crippen molar-refractivity contribution in [3.63, 3.8) is 0 Å². The highest BCUT2D eigenvalue weighted by Gasteiger charge is 2.42. The van der Waals surface area contributed by atoms with E-state index in [-0.39, 0.29) is 12.8 Å². The highest BCUT2D eigenvalue weighted by atomic mass is 19.4. The summed E-state index contributed by atoms with van der Waals surface area (Å²) >= 11 is 0. The molecule has 1 aromatic heterocycles. The largest absolute Gasteiger partial charge is 0.392 e. The van der Waals surface area contributed by atoms with Gasteiger partial charge in [0.25, 0.3) is 0 Å². The van der Waals surface area contributed by atoms with E-state index in [0.29, 0.717) is 13.0 Å². The first-order valence-electron chi connectivity index (χ1n) is 5.12. The molecule has 1 aliphatic rings. The number of rotatable bonds is 1. The smallest absolute Gasteiger partial charge is 0.270 e. The first-order chi connectivity index (χ1) is 7.02. The summed E-state index contributed by atoms with van der Waals surface area (Å²) in [6.07, 6.45) is -1.58. The van der Waals surface area contributed by atoms with Gasteiger partial charge in [-0.1, -0.05) is 0 Å². The summed E-state index contributed by atoms with van der Waals surface area (Å²) < 4.78 is 39.3. The highest BCUT2D eigenvalue weighted by Crippen LogP contribution is 2.36. The fraction of sp³-hybridized carbons (Fsp3) is 0.700. The van der Waals surface area contributed by atoms with E-state index in [4.69, 9.17) is 0 Å². The minimum Gasteiger partial charge on any atom is -0.270 e. The third-order valence-corrected chi connectivity index (χ3v) is 3.00. The number of fused-ring (bicyclic) bond motifs is 1. The Kier molecular flexibility index (Phi) is 2.48. The van der Waals surface area contributed by atoms with Crippen LogP contribution in [0.4, 0.5) is 13.2 Å². The van der Waals surface area contributed by atoms with Gasteiger partial charge in [-0.05, 0) is 25.3 Å². The molecule has 0 spiro atoms. The highest BCUT2D eigenvalue weighted by molar-refractivity contribution is 5.21. The summed E-state index contributed by atoms with van der Waals surface area (Å²) in [5.41, 5.74) is 1.75. The molecule has 1 atom stereocenters. The fourth-order valence-corrected chi connectivity index (χ4v) is 2.11. The second-order valence-electron chi connectivity index (χ2n) is 3.91. The number of aromatic nitrogens is 2. The molecule has 0 amide bonds. The Hall–Kier alpha value is -1.00. The zero-order valence-electron chi connectivity index (χ0n) is 8.51. The summed E-state index contributed by atoms with van der Waals surface area (Å²) in [4.78, 5) is 0. The molecule has 15 heavy (non-hydrogen) atoms. The zero-order chi connectivity index (χ0) is 11.1. The first-order valence-corrected chi connectivity index (χ1v) is 5.12. The molecule has 0 fully saturated rings. The summed E-state index contributed by atoms with van der Waals surface area (Å²) in [5, 5.41) is 4.08. The van der Waals surface area contributed by atoms with Gasteiger partial charge in [0.15, 0.2) is 0 Å². The van der Waals surface area contributed by atoms with Crippen molar-refractivity contribution in [2.24, 2.45) is 5.92 Å². The topological polar surface area (TPSA) is 17.8 Å². The maximum Gasteiger partial charge on any atom is 0.392 e. The van der Waals surface area contributed by atoms with E-state index in [2.05, 4.69) is 5.10 Å². The molecule has 1 aliphatic carbocycles. The van der Waals surface area contributed by atoms with Crippen LogP contribution in [0, 0.1) is 5.92 Å². The number of hydrogen-bond donors (Lipinski definition) is 0. The van der Waals surface area contributed by atoms with Crippen molar-refractivity contribution >= 4 is 0 Å². The van der Waals surface area contributed by atoms with Crippen LogP contribution in [0.2, 0.25) is 0 Å². The maximum absolute atomic E-state index is 12.5. The lowest BCUT2D eigenvalue weighted by Gasteiger charge is -2.25. The molecule has 0 N–H and O–H groups in total. The molecule has 0 unspecified atom stereocenters. The molecule has 1 heterocycles. The molecular formula is C10H13F3N2. The second-order valence-corrected chi connectivity index (χ2v) is 3.91. The van der Waals surface area contributed by atoms with Gasteiger partial charge in [-0.3, -0.25) is 4.68 Å². The molecule has 0 saturated heterocycles. The van der Waals surface area contributed by atoms with Crippen LogP contribution in [-0.2, 0) is 19.4 Å². The lowest BCUT2D eigenvalue weighted by atomic mass is 9.87. The number of nitrogens with zero attached hydrogens (tertiary/aromatic N) is 2. The van der Waals surface area contributed by atoms with Gasteiger partial charge in [-0.25, -0.2) is 0 Å². The number of aryl methyl sites for hydroxylation is 2. The van der Waals surface area contributed by atoms with Crippen molar-refractivity contribution in [1.82, 2.24) is 9.78 Å². The quantitative estimate of drug-likeness (QED) is 0.708. The van der Waals surface area contributed by atoms with Gasteiger partial charge < -0.3 is 0 Å². The standard InChI is InChI=1S/C10H13F3N2/c1-2-15-9-5-8(10(11,12)13)4-3-7(9)6-14-15/h6,8H,2-5H2,1H3/t8-/m0/s1. The Labute approximate surface area is 86.1 Å². The molecule has 0 aliphatic heterocycles. The lowest BCUT2D eigenvalue weighted by Crippen LogP contribution is -2.29. The van der Waals surface area contributed by atoms with Crippen LogP contribution in [0.25, 0.3) is 0 Å². The molecule has 2 rings (SSSR count). The summed E-state index contributed by atoms with van der Waals surface area (Å²) in [6, 6.07) is 0. The van der Waals surface area contributed by atoms with E-state index in [9.17, 15) is 13.2 Å². The fourth-order valence-electron chi connectivity index (χ4n) is 2.11. The molecule has 1 aromatic rings. The monoisotopic (exact) mass is 218 g/mol. The molecule has 0 bridgehead atoms. The molecular weight excluding hydrogens is 205 g/mol. The van der Waals surface area contributed by atoms with Crippen molar-refractivity contribution in [2.75, 3.05) is 0 Å².